The van der Waals surface area contributed by atoms with E-state index in [0.29, 0.717) is 24.4 Å². The van der Waals surface area contributed by atoms with Crippen LogP contribution in [0, 0.1) is 0 Å². The van der Waals surface area contributed by atoms with E-state index < -0.39 is 12.0 Å². The lowest BCUT2D eigenvalue weighted by Gasteiger charge is -2.27. The van der Waals surface area contributed by atoms with Gasteiger partial charge >= 0.3 is 5.97 Å². The number of piperidine rings is 1. The number of aliphatic carboxylic acids is 1. The predicted octanol–water partition coefficient (Wildman–Crippen LogP) is 1.42. The van der Waals surface area contributed by atoms with Crippen LogP contribution in [0.3, 0.4) is 0 Å². The summed E-state index contributed by atoms with van der Waals surface area (Å²) in [5, 5.41) is 11.9. The van der Waals surface area contributed by atoms with E-state index in [9.17, 15) is 9.59 Å². The fraction of sp³-hybridized carbons (Fsp3) is 0.385. The monoisotopic (exact) mass is 233 g/mol. The molecule has 0 saturated carbocycles. The van der Waals surface area contributed by atoms with Gasteiger partial charge in [0.1, 0.15) is 12.3 Å². The number of hydrogen-bond acceptors (Lipinski definition) is 3. The van der Waals surface area contributed by atoms with Crippen molar-refractivity contribution in [2.24, 2.45) is 0 Å². The van der Waals surface area contributed by atoms with E-state index in [1.807, 2.05) is 18.2 Å². The first-order valence-electron chi connectivity index (χ1n) is 5.72. The Kier molecular flexibility index (Phi) is 3.54. The highest BCUT2D eigenvalue weighted by molar-refractivity contribution is 5.75. The molecule has 0 spiro atoms. The summed E-state index contributed by atoms with van der Waals surface area (Å²) in [6, 6.07) is 7.07. The summed E-state index contributed by atoms with van der Waals surface area (Å²) in [4.78, 5) is 21.5. The lowest BCUT2D eigenvalue weighted by Crippen LogP contribution is -2.43. The molecule has 0 bridgehead atoms. The molecule has 90 valence electrons. The highest BCUT2D eigenvalue weighted by Crippen LogP contribution is 2.25. The van der Waals surface area contributed by atoms with Crippen LogP contribution in [0.15, 0.2) is 24.3 Å². The van der Waals surface area contributed by atoms with Crippen LogP contribution >= 0.6 is 0 Å². The second-order valence-corrected chi connectivity index (χ2v) is 4.36. The van der Waals surface area contributed by atoms with Gasteiger partial charge in [-0.1, -0.05) is 18.2 Å². The zero-order valence-corrected chi connectivity index (χ0v) is 9.43. The number of benzene rings is 1. The van der Waals surface area contributed by atoms with Crippen LogP contribution in [0.25, 0.3) is 0 Å². The minimum atomic E-state index is -0.787. The lowest BCUT2D eigenvalue weighted by molar-refractivity contribution is -0.140. The molecule has 0 aliphatic carbocycles. The SMILES string of the molecule is O=Cc1cccc(C2CCC(C(=O)O)NC2)c1. The van der Waals surface area contributed by atoms with Gasteiger partial charge in [-0.15, -0.1) is 0 Å². The average Bonchev–Trinajstić information content (AvgIpc) is 2.39. The van der Waals surface area contributed by atoms with E-state index in [2.05, 4.69) is 5.32 Å². The Morgan fingerprint density at radius 3 is 2.82 bits per heavy atom. The van der Waals surface area contributed by atoms with Crippen molar-refractivity contribution >= 4 is 12.3 Å². The van der Waals surface area contributed by atoms with Gasteiger partial charge in [-0.2, -0.15) is 0 Å². The van der Waals surface area contributed by atoms with Crippen molar-refractivity contribution in [3.63, 3.8) is 0 Å². The minimum absolute atomic E-state index is 0.297. The largest absolute Gasteiger partial charge is 0.480 e. The highest BCUT2D eigenvalue weighted by atomic mass is 16.4. The molecule has 2 unspecified atom stereocenters. The van der Waals surface area contributed by atoms with Crippen molar-refractivity contribution in [2.75, 3.05) is 6.54 Å². The molecule has 1 heterocycles. The van der Waals surface area contributed by atoms with Gasteiger partial charge < -0.3 is 10.4 Å². The Labute approximate surface area is 99.6 Å². The Hall–Kier alpha value is -1.68. The lowest BCUT2D eigenvalue weighted by atomic mass is 9.88. The third-order valence-corrected chi connectivity index (χ3v) is 3.23. The first-order chi connectivity index (χ1) is 8.20. The van der Waals surface area contributed by atoms with Gasteiger partial charge in [-0.3, -0.25) is 9.59 Å². The van der Waals surface area contributed by atoms with Crippen LogP contribution in [0.1, 0.15) is 34.7 Å². The number of hydrogen-bond donors (Lipinski definition) is 2. The third-order valence-electron chi connectivity index (χ3n) is 3.23. The smallest absolute Gasteiger partial charge is 0.320 e. The quantitative estimate of drug-likeness (QED) is 0.775. The van der Waals surface area contributed by atoms with Crippen molar-refractivity contribution in [2.45, 2.75) is 24.8 Å². The standard InChI is InChI=1S/C13H15NO3/c15-8-9-2-1-3-10(6-9)11-4-5-12(13(16)17)14-7-11/h1-3,6,8,11-12,14H,4-5,7H2,(H,16,17). The number of carbonyl (C=O) groups is 2. The van der Waals surface area contributed by atoms with Crippen molar-refractivity contribution in [1.29, 1.82) is 0 Å². The van der Waals surface area contributed by atoms with E-state index in [0.717, 1.165) is 18.3 Å². The van der Waals surface area contributed by atoms with Crippen molar-refractivity contribution in [3.8, 4) is 0 Å². The zero-order valence-electron chi connectivity index (χ0n) is 9.43. The molecule has 1 aromatic rings. The summed E-state index contributed by atoms with van der Waals surface area (Å²) < 4.78 is 0. The molecular formula is C13H15NO3. The molecule has 2 atom stereocenters. The van der Waals surface area contributed by atoms with E-state index >= 15 is 0 Å². The number of rotatable bonds is 3. The maximum atomic E-state index is 10.8. The van der Waals surface area contributed by atoms with Gasteiger partial charge in [0.2, 0.25) is 0 Å². The molecule has 0 amide bonds. The van der Waals surface area contributed by atoms with Crippen LogP contribution in [-0.4, -0.2) is 29.9 Å². The van der Waals surface area contributed by atoms with Gasteiger partial charge in [-0.05, 0) is 30.4 Å². The number of carbonyl (C=O) groups excluding carboxylic acids is 1. The fourth-order valence-corrected chi connectivity index (χ4v) is 2.24. The fourth-order valence-electron chi connectivity index (χ4n) is 2.24. The Bertz CT molecular complexity index is 422. The molecule has 1 aromatic carbocycles. The Morgan fingerprint density at radius 1 is 1.41 bits per heavy atom. The second kappa shape index (κ2) is 5.10. The Morgan fingerprint density at radius 2 is 2.24 bits per heavy atom. The molecular weight excluding hydrogens is 218 g/mol. The molecule has 2 N–H and O–H groups in total. The number of carboxylic acid groups (broad SMARTS) is 1. The number of carboxylic acids is 1. The average molecular weight is 233 g/mol. The van der Waals surface area contributed by atoms with Gasteiger partial charge in [0.15, 0.2) is 0 Å². The number of nitrogens with one attached hydrogen (secondary N) is 1. The summed E-state index contributed by atoms with van der Waals surface area (Å²) in [6.45, 7) is 0.652. The molecule has 1 fully saturated rings. The van der Waals surface area contributed by atoms with Crippen LogP contribution in [0.2, 0.25) is 0 Å². The van der Waals surface area contributed by atoms with Gasteiger partial charge in [0, 0.05) is 12.1 Å². The summed E-state index contributed by atoms with van der Waals surface area (Å²) in [6.07, 6.45) is 2.30. The predicted molar refractivity (Wildman–Crippen MR) is 63.2 cm³/mol. The van der Waals surface area contributed by atoms with E-state index in [1.54, 1.807) is 6.07 Å². The molecule has 1 saturated heterocycles. The van der Waals surface area contributed by atoms with E-state index in [4.69, 9.17) is 5.11 Å². The van der Waals surface area contributed by atoms with Crippen LogP contribution in [-0.2, 0) is 4.79 Å². The molecule has 1 aliphatic rings. The summed E-state index contributed by atoms with van der Waals surface area (Å²) >= 11 is 0. The maximum absolute atomic E-state index is 10.8. The summed E-state index contributed by atoms with van der Waals surface area (Å²) in [7, 11) is 0. The van der Waals surface area contributed by atoms with Gasteiger partial charge in [-0.25, -0.2) is 0 Å². The molecule has 2 rings (SSSR count). The minimum Gasteiger partial charge on any atom is -0.480 e. The first-order valence-corrected chi connectivity index (χ1v) is 5.72. The van der Waals surface area contributed by atoms with E-state index in [1.165, 1.54) is 0 Å². The normalized spacial score (nSPS) is 24.2. The van der Waals surface area contributed by atoms with Crippen molar-refractivity contribution in [3.05, 3.63) is 35.4 Å². The van der Waals surface area contributed by atoms with Crippen LogP contribution in [0.4, 0.5) is 0 Å². The summed E-state index contributed by atoms with van der Waals surface area (Å²) in [5.41, 5.74) is 1.77. The highest BCUT2D eigenvalue weighted by Gasteiger charge is 2.25. The van der Waals surface area contributed by atoms with Crippen LogP contribution in [0.5, 0.6) is 0 Å². The van der Waals surface area contributed by atoms with Crippen molar-refractivity contribution < 1.29 is 14.7 Å². The molecule has 4 heteroatoms. The third kappa shape index (κ3) is 2.71. The van der Waals surface area contributed by atoms with Crippen molar-refractivity contribution in [1.82, 2.24) is 5.32 Å². The van der Waals surface area contributed by atoms with E-state index in [-0.39, 0.29) is 0 Å². The van der Waals surface area contributed by atoms with Gasteiger partial charge in [0.25, 0.3) is 0 Å². The maximum Gasteiger partial charge on any atom is 0.320 e. The molecule has 0 aromatic heterocycles. The number of aldehydes is 1. The van der Waals surface area contributed by atoms with Gasteiger partial charge in [0.05, 0.1) is 0 Å². The second-order valence-electron chi connectivity index (χ2n) is 4.36. The first kappa shape index (κ1) is 11.8. The van der Waals surface area contributed by atoms with Crippen LogP contribution < -0.4 is 5.32 Å². The Balaban J connectivity index is 2.04. The molecule has 0 radical (unpaired) electrons. The zero-order chi connectivity index (χ0) is 12.3. The molecule has 1 aliphatic heterocycles. The molecule has 17 heavy (non-hydrogen) atoms. The summed E-state index contributed by atoms with van der Waals surface area (Å²) in [5.74, 6) is -0.490. The topological polar surface area (TPSA) is 66.4 Å². The molecule has 4 nitrogen and oxygen atoms in total.